The van der Waals surface area contributed by atoms with Crippen molar-refractivity contribution in [3.05, 3.63) is 47.7 Å². The van der Waals surface area contributed by atoms with Gasteiger partial charge in [0, 0.05) is 11.2 Å². The van der Waals surface area contributed by atoms with E-state index in [1.165, 1.54) is 0 Å². The number of nitrogens with one attached hydrogen (secondary N) is 1. The average molecular weight is 302 g/mol. The van der Waals surface area contributed by atoms with Crippen LogP contribution in [0.2, 0.25) is 5.02 Å². The zero-order chi connectivity index (χ0) is 14.7. The Balaban J connectivity index is 1.93. The molecule has 5 heteroatoms. The van der Waals surface area contributed by atoms with E-state index in [1.54, 1.807) is 12.4 Å². The lowest BCUT2D eigenvalue weighted by Crippen LogP contribution is -2.35. The van der Waals surface area contributed by atoms with Gasteiger partial charge in [0.05, 0.1) is 11.9 Å². The van der Waals surface area contributed by atoms with E-state index in [1.807, 2.05) is 30.3 Å². The van der Waals surface area contributed by atoms with Crippen molar-refractivity contribution < 1.29 is 4.74 Å². The van der Waals surface area contributed by atoms with E-state index >= 15 is 0 Å². The fraction of sp³-hybridized carbons (Fsp3) is 0.250. The van der Waals surface area contributed by atoms with Crippen LogP contribution in [0.4, 0.5) is 11.4 Å². The molecule has 0 radical (unpaired) electrons. The lowest BCUT2D eigenvalue weighted by atomic mass is 10.1. The van der Waals surface area contributed by atoms with Crippen LogP contribution in [0.25, 0.3) is 0 Å². The maximum atomic E-state index is 6.04. The van der Waals surface area contributed by atoms with E-state index in [-0.39, 0.29) is 6.10 Å². The predicted molar refractivity (Wildman–Crippen MR) is 85.7 cm³/mol. The van der Waals surface area contributed by atoms with Gasteiger partial charge >= 0.3 is 0 Å². The van der Waals surface area contributed by atoms with Crippen molar-refractivity contribution in [2.24, 2.45) is 4.99 Å². The van der Waals surface area contributed by atoms with Gasteiger partial charge in [-0.15, -0.1) is 0 Å². The highest BCUT2D eigenvalue weighted by Gasteiger charge is 2.24. The Hall–Kier alpha value is -2.07. The number of aliphatic imine (C=N–C) groups is 1. The topological polar surface area (TPSA) is 46.5 Å². The largest absolute Gasteiger partial charge is 0.480 e. The second-order valence-electron chi connectivity index (χ2n) is 4.87. The molecule has 0 fully saturated rings. The summed E-state index contributed by atoms with van der Waals surface area (Å²) in [6.45, 7) is 2.13. The Bertz CT molecular complexity index is 658. The molecule has 1 N–H and O–H groups in total. The maximum Gasteiger partial charge on any atom is 0.156 e. The molecule has 1 unspecified atom stereocenters. The first-order chi connectivity index (χ1) is 10.3. The zero-order valence-corrected chi connectivity index (χ0v) is 12.5. The number of amidine groups is 1. The standard InChI is InChI=1S/C16H16ClN3O/c1-2-4-15-16(19-12-5-3-8-18-10-12)20-13-9-11(17)6-7-14(13)21-15/h3,5-10,15H,2,4H2,1H3,(H,19,20). The number of benzene rings is 1. The molecule has 0 bridgehead atoms. The molecule has 1 aromatic carbocycles. The Kier molecular flexibility index (Phi) is 4.06. The predicted octanol–water partition coefficient (Wildman–Crippen LogP) is 4.44. The summed E-state index contributed by atoms with van der Waals surface area (Å²) in [6, 6.07) is 9.32. The zero-order valence-electron chi connectivity index (χ0n) is 11.7. The molecule has 0 amide bonds. The maximum absolute atomic E-state index is 6.04. The van der Waals surface area contributed by atoms with Crippen LogP contribution in [0, 0.1) is 0 Å². The van der Waals surface area contributed by atoms with Gasteiger partial charge in [-0.3, -0.25) is 4.98 Å². The highest BCUT2D eigenvalue weighted by atomic mass is 35.5. The van der Waals surface area contributed by atoms with Gasteiger partial charge in [0.1, 0.15) is 17.3 Å². The van der Waals surface area contributed by atoms with Gasteiger partial charge in [0.2, 0.25) is 0 Å². The van der Waals surface area contributed by atoms with E-state index in [9.17, 15) is 0 Å². The number of aromatic nitrogens is 1. The molecule has 21 heavy (non-hydrogen) atoms. The van der Waals surface area contributed by atoms with Crippen molar-refractivity contribution >= 4 is 28.8 Å². The summed E-state index contributed by atoms with van der Waals surface area (Å²) >= 11 is 6.03. The molecule has 1 aliphatic heterocycles. The molecule has 1 atom stereocenters. The number of fused-ring (bicyclic) bond motifs is 1. The smallest absolute Gasteiger partial charge is 0.156 e. The summed E-state index contributed by atoms with van der Waals surface area (Å²) in [5, 5.41) is 3.94. The number of ether oxygens (including phenoxy) is 1. The van der Waals surface area contributed by atoms with E-state index in [0.717, 1.165) is 35.8 Å². The fourth-order valence-corrected chi connectivity index (χ4v) is 2.41. The van der Waals surface area contributed by atoms with Crippen molar-refractivity contribution in [1.82, 2.24) is 4.98 Å². The van der Waals surface area contributed by atoms with Crippen LogP contribution in [0.15, 0.2) is 47.7 Å². The number of pyridine rings is 1. The second-order valence-corrected chi connectivity index (χ2v) is 5.31. The van der Waals surface area contributed by atoms with Gasteiger partial charge in [-0.25, -0.2) is 4.99 Å². The van der Waals surface area contributed by atoms with Gasteiger partial charge in [0.25, 0.3) is 0 Å². The van der Waals surface area contributed by atoms with Gasteiger partial charge in [0.15, 0.2) is 6.10 Å². The minimum Gasteiger partial charge on any atom is -0.480 e. The van der Waals surface area contributed by atoms with Crippen LogP contribution in [-0.4, -0.2) is 16.9 Å². The number of anilines is 1. The first kappa shape index (κ1) is 13.9. The Morgan fingerprint density at radius 3 is 3.00 bits per heavy atom. The van der Waals surface area contributed by atoms with Crippen LogP contribution >= 0.6 is 11.6 Å². The lowest BCUT2D eigenvalue weighted by molar-refractivity contribution is 0.251. The minimum atomic E-state index is -0.0797. The number of halogens is 1. The second kappa shape index (κ2) is 6.14. The van der Waals surface area contributed by atoms with Crippen molar-refractivity contribution in [3.63, 3.8) is 0 Å². The van der Waals surface area contributed by atoms with Crippen LogP contribution in [0.3, 0.4) is 0 Å². The summed E-state index contributed by atoms with van der Waals surface area (Å²) < 4.78 is 6.04. The molecule has 3 rings (SSSR count). The van der Waals surface area contributed by atoms with Crippen molar-refractivity contribution in [2.45, 2.75) is 25.9 Å². The summed E-state index contributed by atoms with van der Waals surface area (Å²) in [4.78, 5) is 8.77. The molecule has 0 aliphatic carbocycles. The average Bonchev–Trinajstić information content (AvgIpc) is 2.49. The molecule has 1 aliphatic rings. The van der Waals surface area contributed by atoms with Gasteiger partial charge < -0.3 is 10.1 Å². The van der Waals surface area contributed by atoms with Crippen LogP contribution in [0.1, 0.15) is 19.8 Å². The number of nitrogens with zero attached hydrogens (tertiary/aromatic N) is 2. The summed E-state index contributed by atoms with van der Waals surface area (Å²) in [5.41, 5.74) is 1.65. The first-order valence-electron chi connectivity index (χ1n) is 6.98. The van der Waals surface area contributed by atoms with Crippen molar-refractivity contribution in [1.29, 1.82) is 0 Å². The van der Waals surface area contributed by atoms with Gasteiger partial charge in [-0.05, 0) is 36.8 Å². The molecule has 108 valence electrons. The molecule has 0 saturated carbocycles. The molecule has 0 spiro atoms. The fourth-order valence-electron chi connectivity index (χ4n) is 2.24. The SMILES string of the molecule is CCCC1Oc2ccc(Cl)cc2N=C1Nc1cccnc1. The summed E-state index contributed by atoms with van der Waals surface area (Å²) in [7, 11) is 0. The van der Waals surface area contributed by atoms with E-state index < -0.39 is 0 Å². The number of rotatable bonds is 3. The third-order valence-corrected chi connectivity index (χ3v) is 3.46. The molecule has 2 aromatic rings. The van der Waals surface area contributed by atoms with Gasteiger partial charge in [-0.2, -0.15) is 0 Å². The summed E-state index contributed by atoms with van der Waals surface area (Å²) in [6.07, 6.45) is 5.33. The molecular formula is C16H16ClN3O. The third-order valence-electron chi connectivity index (χ3n) is 3.22. The van der Waals surface area contributed by atoms with Crippen LogP contribution in [-0.2, 0) is 0 Å². The minimum absolute atomic E-state index is 0.0797. The molecule has 2 heterocycles. The Labute approximate surface area is 128 Å². The monoisotopic (exact) mass is 301 g/mol. The molecular weight excluding hydrogens is 286 g/mol. The van der Waals surface area contributed by atoms with Crippen molar-refractivity contribution in [2.75, 3.05) is 5.32 Å². The van der Waals surface area contributed by atoms with Crippen molar-refractivity contribution in [3.8, 4) is 5.75 Å². The lowest BCUT2D eigenvalue weighted by Gasteiger charge is -2.26. The van der Waals surface area contributed by atoms with E-state index in [4.69, 9.17) is 16.3 Å². The normalized spacial score (nSPS) is 16.7. The molecule has 1 aromatic heterocycles. The van der Waals surface area contributed by atoms with Gasteiger partial charge in [-0.1, -0.05) is 24.9 Å². The van der Waals surface area contributed by atoms with Crippen LogP contribution < -0.4 is 10.1 Å². The highest BCUT2D eigenvalue weighted by molar-refractivity contribution is 6.31. The number of hydrogen-bond acceptors (Lipinski definition) is 4. The molecule has 4 nitrogen and oxygen atoms in total. The Morgan fingerprint density at radius 1 is 1.33 bits per heavy atom. The number of hydrogen-bond donors (Lipinski definition) is 1. The third kappa shape index (κ3) is 3.16. The highest BCUT2D eigenvalue weighted by Crippen LogP contribution is 2.35. The van der Waals surface area contributed by atoms with E-state index in [2.05, 4.69) is 22.2 Å². The van der Waals surface area contributed by atoms with E-state index in [0.29, 0.717) is 5.02 Å². The van der Waals surface area contributed by atoms with Crippen LogP contribution in [0.5, 0.6) is 5.75 Å². The quantitative estimate of drug-likeness (QED) is 0.911. The Morgan fingerprint density at radius 2 is 2.24 bits per heavy atom. The molecule has 0 saturated heterocycles. The summed E-state index contributed by atoms with van der Waals surface area (Å²) in [5.74, 6) is 1.56. The first-order valence-corrected chi connectivity index (χ1v) is 7.36.